The minimum Gasteiger partial charge on any atom is -0.462 e. The molecule has 0 bridgehead atoms. The molecule has 0 fully saturated rings. The summed E-state index contributed by atoms with van der Waals surface area (Å²) in [6, 6.07) is 8.00. The maximum atomic E-state index is 11.7. The van der Waals surface area contributed by atoms with Gasteiger partial charge in [0.25, 0.3) is 0 Å². The number of hydrogen-bond donors (Lipinski definition) is 0. The third-order valence-corrected chi connectivity index (χ3v) is 4.95. The number of ether oxygens (including phenoxy) is 2. The van der Waals surface area contributed by atoms with Gasteiger partial charge in [-0.2, -0.15) is 0 Å². The zero-order valence-electron chi connectivity index (χ0n) is 18.4. The van der Waals surface area contributed by atoms with Gasteiger partial charge < -0.3 is 9.47 Å². The molecule has 2 aromatic rings. The molecule has 0 aliphatic rings. The molecule has 0 amide bonds. The third kappa shape index (κ3) is 7.00. The van der Waals surface area contributed by atoms with Crippen molar-refractivity contribution < 1.29 is 19.1 Å². The van der Waals surface area contributed by atoms with Crippen LogP contribution in [0.2, 0.25) is 0 Å². The van der Waals surface area contributed by atoms with Crippen LogP contribution in [0.15, 0.2) is 24.3 Å². The third-order valence-electron chi connectivity index (χ3n) is 4.34. The van der Waals surface area contributed by atoms with E-state index in [0.29, 0.717) is 29.7 Å². The molecule has 2 rings (SSSR count). The fourth-order valence-corrected chi connectivity index (χ4v) is 3.80. The molecule has 0 saturated heterocycles. The average molecular weight is 463 g/mol. The van der Waals surface area contributed by atoms with Gasteiger partial charge in [-0.05, 0) is 70.7 Å². The van der Waals surface area contributed by atoms with Crippen LogP contribution in [0, 0.1) is 34.6 Å². The maximum absolute atomic E-state index is 11.7. The number of benzene rings is 2. The molecule has 0 atom stereocenters. The number of hydrogen-bond acceptors (Lipinski definition) is 4. The fourth-order valence-electron chi connectivity index (χ4n) is 3.36. The number of esters is 2. The highest BCUT2D eigenvalue weighted by Gasteiger charge is 2.15. The largest absolute Gasteiger partial charge is 0.462 e. The number of rotatable bonds is 5. The Morgan fingerprint density at radius 1 is 0.724 bits per heavy atom. The molecule has 0 aliphatic heterocycles. The molecule has 0 aromatic heterocycles. The summed E-state index contributed by atoms with van der Waals surface area (Å²) in [4.78, 5) is 23.3. The Bertz CT molecular complexity index is 848. The first-order valence-corrected chi connectivity index (χ1v) is 10.9. The Kier molecular flexibility index (Phi) is 10.1. The van der Waals surface area contributed by atoms with Crippen molar-refractivity contribution in [1.29, 1.82) is 0 Å². The minimum absolute atomic E-state index is 0.220. The lowest BCUT2D eigenvalue weighted by molar-refractivity contribution is 0.0514. The van der Waals surface area contributed by atoms with E-state index in [1.54, 1.807) is 0 Å². The number of halogens is 1. The van der Waals surface area contributed by atoms with Crippen LogP contribution in [0.5, 0.6) is 0 Å². The summed E-state index contributed by atoms with van der Waals surface area (Å²) >= 11 is 3.39. The predicted octanol–water partition coefficient (Wildman–Crippen LogP) is 6.16. The van der Waals surface area contributed by atoms with E-state index in [0.717, 1.165) is 27.8 Å². The van der Waals surface area contributed by atoms with E-state index >= 15 is 0 Å². The van der Waals surface area contributed by atoms with E-state index in [-0.39, 0.29) is 11.9 Å². The quantitative estimate of drug-likeness (QED) is 0.394. The summed E-state index contributed by atoms with van der Waals surface area (Å²) < 4.78 is 10.0. The molecule has 0 unspecified atom stereocenters. The summed E-state index contributed by atoms with van der Waals surface area (Å²) in [6.07, 6.45) is 0. The van der Waals surface area contributed by atoms with E-state index in [2.05, 4.69) is 15.9 Å². The first kappa shape index (κ1) is 24.9. The summed E-state index contributed by atoms with van der Waals surface area (Å²) in [6.45, 7) is 14.3. The Labute approximate surface area is 182 Å². The predicted molar refractivity (Wildman–Crippen MR) is 121 cm³/mol. The van der Waals surface area contributed by atoms with Crippen molar-refractivity contribution in [1.82, 2.24) is 0 Å². The van der Waals surface area contributed by atoms with Crippen LogP contribution < -0.4 is 0 Å². The topological polar surface area (TPSA) is 52.6 Å². The summed E-state index contributed by atoms with van der Waals surface area (Å²) in [7, 11) is 0. The Morgan fingerprint density at radius 2 is 1.10 bits per heavy atom. The molecular formula is C24H31BrO4. The number of carbonyl (C=O) groups excluding carboxylic acids is 2. The second-order valence-electron chi connectivity index (χ2n) is 6.96. The van der Waals surface area contributed by atoms with Gasteiger partial charge in [-0.1, -0.05) is 51.3 Å². The number of alkyl halides is 1. The van der Waals surface area contributed by atoms with Gasteiger partial charge in [0.1, 0.15) is 0 Å². The van der Waals surface area contributed by atoms with Crippen LogP contribution in [0.1, 0.15) is 67.9 Å². The highest BCUT2D eigenvalue weighted by Crippen LogP contribution is 2.20. The summed E-state index contributed by atoms with van der Waals surface area (Å²) in [5.41, 5.74) is 7.68. The van der Waals surface area contributed by atoms with Crippen LogP contribution in [0.3, 0.4) is 0 Å². The maximum Gasteiger partial charge on any atom is 0.338 e. The van der Waals surface area contributed by atoms with Crippen molar-refractivity contribution >= 4 is 27.9 Å². The molecule has 0 N–H and O–H groups in total. The first-order valence-electron chi connectivity index (χ1n) is 9.74. The Morgan fingerprint density at radius 3 is 1.52 bits per heavy atom. The van der Waals surface area contributed by atoms with Crippen LogP contribution in [0.4, 0.5) is 0 Å². The normalized spacial score (nSPS) is 10.1. The van der Waals surface area contributed by atoms with E-state index in [4.69, 9.17) is 9.47 Å². The minimum atomic E-state index is -0.232. The van der Waals surface area contributed by atoms with Crippen molar-refractivity contribution in [2.45, 2.75) is 53.8 Å². The van der Waals surface area contributed by atoms with E-state index < -0.39 is 0 Å². The van der Waals surface area contributed by atoms with Crippen molar-refractivity contribution in [3.63, 3.8) is 0 Å². The fraction of sp³-hybridized carbons (Fsp3) is 0.417. The summed E-state index contributed by atoms with van der Waals surface area (Å²) in [5, 5.41) is 0.670. The van der Waals surface area contributed by atoms with Crippen molar-refractivity contribution in [3.05, 3.63) is 68.8 Å². The second-order valence-corrected chi connectivity index (χ2v) is 7.52. The summed E-state index contributed by atoms with van der Waals surface area (Å²) in [5.74, 6) is -0.452. The van der Waals surface area contributed by atoms with Gasteiger partial charge in [-0.15, -0.1) is 0 Å². The first-order chi connectivity index (χ1) is 13.7. The molecule has 4 nitrogen and oxygen atoms in total. The smallest absolute Gasteiger partial charge is 0.338 e. The molecular weight excluding hydrogens is 432 g/mol. The van der Waals surface area contributed by atoms with Crippen molar-refractivity contribution in [2.24, 2.45) is 0 Å². The molecule has 0 radical (unpaired) electrons. The standard InChI is InChI=1S/C12H15BrO2.C12H16O2/c1-4-15-12(14)11-9(3)5-8(2)6-10(11)7-13;1-5-14-12(13)11-9(3)6-8(2)7-10(11)4/h5-6H,4,7H2,1-3H3;6-7H,5H2,1-4H3. The number of aryl methyl sites for hydroxylation is 5. The van der Waals surface area contributed by atoms with Crippen molar-refractivity contribution in [3.8, 4) is 0 Å². The lowest BCUT2D eigenvalue weighted by Crippen LogP contribution is -2.10. The lowest BCUT2D eigenvalue weighted by atomic mass is 10.00. The van der Waals surface area contributed by atoms with Crippen LogP contribution >= 0.6 is 15.9 Å². The average Bonchev–Trinajstić information content (AvgIpc) is 2.61. The Balaban J connectivity index is 0.000000291. The van der Waals surface area contributed by atoms with Gasteiger partial charge >= 0.3 is 11.9 Å². The molecule has 158 valence electrons. The SMILES string of the molecule is CCOC(=O)c1c(C)cc(C)cc1C.CCOC(=O)c1c(C)cc(C)cc1CBr. The van der Waals surface area contributed by atoms with Crippen LogP contribution in [-0.2, 0) is 14.8 Å². The van der Waals surface area contributed by atoms with E-state index in [1.165, 1.54) is 5.56 Å². The monoisotopic (exact) mass is 462 g/mol. The van der Waals surface area contributed by atoms with Gasteiger partial charge in [0, 0.05) is 5.33 Å². The number of carbonyl (C=O) groups is 2. The highest BCUT2D eigenvalue weighted by atomic mass is 79.9. The molecule has 0 aliphatic carbocycles. The Hall–Kier alpha value is -2.14. The molecule has 0 spiro atoms. The second kappa shape index (κ2) is 11.8. The molecule has 29 heavy (non-hydrogen) atoms. The van der Waals surface area contributed by atoms with Gasteiger partial charge in [-0.3, -0.25) is 0 Å². The zero-order valence-corrected chi connectivity index (χ0v) is 20.0. The molecule has 2 aromatic carbocycles. The molecule has 5 heteroatoms. The van der Waals surface area contributed by atoms with E-state index in [9.17, 15) is 9.59 Å². The van der Waals surface area contributed by atoms with Crippen molar-refractivity contribution in [2.75, 3.05) is 13.2 Å². The highest BCUT2D eigenvalue weighted by molar-refractivity contribution is 9.08. The molecule has 0 saturated carbocycles. The van der Waals surface area contributed by atoms with E-state index in [1.807, 2.05) is 72.7 Å². The van der Waals surface area contributed by atoms with Gasteiger partial charge in [0.05, 0.1) is 24.3 Å². The molecule has 0 heterocycles. The van der Waals surface area contributed by atoms with Gasteiger partial charge in [0.15, 0.2) is 0 Å². The van der Waals surface area contributed by atoms with Crippen LogP contribution in [-0.4, -0.2) is 25.2 Å². The lowest BCUT2D eigenvalue weighted by Gasteiger charge is -2.11. The van der Waals surface area contributed by atoms with Crippen LogP contribution in [0.25, 0.3) is 0 Å². The zero-order chi connectivity index (χ0) is 22.1. The van der Waals surface area contributed by atoms with Gasteiger partial charge in [0.2, 0.25) is 0 Å². The van der Waals surface area contributed by atoms with Gasteiger partial charge in [-0.25, -0.2) is 9.59 Å².